The lowest BCUT2D eigenvalue weighted by Gasteiger charge is -2.33. The Morgan fingerprint density at radius 2 is 1.94 bits per heavy atom. The van der Waals surface area contributed by atoms with Crippen LogP contribution >= 0.6 is 11.3 Å². The van der Waals surface area contributed by atoms with Crippen LogP contribution in [0.25, 0.3) is 16.2 Å². The van der Waals surface area contributed by atoms with Gasteiger partial charge in [-0.25, -0.2) is 9.50 Å². The highest BCUT2D eigenvalue weighted by atomic mass is 32.1. The molecule has 4 aromatic heterocycles. The first-order valence-corrected chi connectivity index (χ1v) is 12.1. The van der Waals surface area contributed by atoms with Crippen molar-refractivity contribution in [3.8, 4) is 16.5 Å². The van der Waals surface area contributed by atoms with Crippen molar-refractivity contribution in [2.75, 3.05) is 18.0 Å². The SMILES string of the molecule is CC(C)c1noc(N2CCC(C(C)Oc3nn4cc(-c5ccncc5C(F)(F)F)nc4s3)CC2)n1. The van der Waals surface area contributed by atoms with Gasteiger partial charge in [0.2, 0.25) is 4.96 Å². The van der Waals surface area contributed by atoms with Crippen LogP contribution in [0.5, 0.6) is 5.19 Å². The standard InChI is InChI=1S/C22H24F3N7O2S/c1-12(2)18-28-19(34-30-18)31-8-5-14(6-9-31)13(3)33-21-29-32-11-17(27-20(32)35-21)15-4-7-26-10-16(15)22(23,24)25/h4,7,10-14H,5-6,8-9H2,1-3H3. The molecule has 186 valence electrons. The number of hydrogen-bond acceptors (Lipinski definition) is 9. The Morgan fingerprint density at radius 1 is 1.17 bits per heavy atom. The molecule has 1 fully saturated rings. The minimum atomic E-state index is -4.52. The largest absolute Gasteiger partial charge is 0.466 e. The average Bonchev–Trinajstić information content (AvgIpc) is 3.54. The zero-order valence-corrected chi connectivity index (χ0v) is 20.2. The molecule has 0 amide bonds. The van der Waals surface area contributed by atoms with Crippen LogP contribution in [0.4, 0.5) is 19.2 Å². The second kappa shape index (κ2) is 9.10. The number of aromatic nitrogens is 6. The van der Waals surface area contributed by atoms with E-state index in [0.29, 0.717) is 27.9 Å². The molecule has 1 aliphatic rings. The maximum Gasteiger partial charge on any atom is 0.418 e. The van der Waals surface area contributed by atoms with Gasteiger partial charge in [-0.15, -0.1) is 5.10 Å². The highest BCUT2D eigenvalue weighted by Crippen LogP contribution is 2.37. The van der Waals surface area contributed by atoms with Crippen molar-refractivity contribution >= 4 is 22.3 Å². The predicted octanol–water partition coefficient (Wildman–Crippen LogP) is 5.06. The summed E-state index contributed by atoms with van der Waals surface area (Å²) >= 11 is 1.20. The van der Waals surface area contributed by atoms with Crippen LogP contribution in [0, 0.1) is 5.92 Å². The summed E-state index contributed by atoms with van der Waals surface area (Å²) in [7, 11) is 0. The normalized spacial score (nSPS) is 16.4. The summed E-state index contributed by atoms with van der Waals surface area (Å²) in [4.78, 5) is 15.0. The van der Waals surface area contributed by atoms with E-state index < -0.39 is 11.7 Å². The number of ether oxygens (including phenoxy) is 1. The summed E-state index contributed by atoms with van der Waals surface area (Å²) in [5, 5.41) is 8.84. The van der Waals surface area contributed by atoms with Crippen molar-refractivity contribution in [1.29, 1.82) is 0 Å². The predicted molar refractivity (Wildman–Crippen MR) is 123 cm³/mol. The number of imidazole rings is 1. The molecular formula is C22H24F3N7O2S. The number of fused-ring (bicyclic) bond motifs is 1. The lowest BCUT2D eigenvalue weighted by molar-refractivity contribution is -0.137. The molecule has 13 heteroatoms. The molecule has 1 saturated heterocycles. The average molecular weight is 508 g/mol. The molecule has 9 nitrogen and oxygen atoms in total. The quantitative estimate of drug-likeness (QED) is 0.357. The second-order valence-electron chi connectivity index (χ2n) is 8.88. The Labute approximate surface area is 202 Å². The van der Waals surface area contributed by atoms with E-state index in [1.165, 1.54) is 34.3 Å². The summed E-state index contributed by atoms with van der Waals surface area (Å²) in [5.74, 6) is 1.23. The Balaban J connectivity index is 1.23. The summed E-state index contributed by atoms with van der Waals surface area (Å²) in [6, 6.07) is 1.86. The van der Waals surface area contributed by atoms with Gasteiger partial charge in [-0.1, -0.05) is 19.0 Å². The molecule has 5 heterocycles. The number of rotatable bonds is 6. The molecule has 0 radical (unpaired) electrons. The van der Waals surface area contributed by atoms with Gasteiger partial charge in [-0.05, 0) is 43.1 Å². The Kier molecular flexibility index (Phi) is 6.11. The van der Waals surface area contributed by atoms with Crippen molar-refractivity contribution < 1.29 is 22.4 Å². The molecule has 0 aliphatic carbocycles. The van der Waals surface area contributed by atoms with Gasteiger partial charge in [0.15, 0.2) is 5.82 Å². The van der Waals surface area contributed by atoms with Gasteiger partial charge in [0.05, 0.1) is 17.5 Å². The molecule has 0 aromatic carbocycles. The number of nitrogens with zero attached hydrogens (tertiary/aromatic N) is 7. The summed E-state index contributed by atoms with van der Waals surface area (Å²) in [5.41, 5.74) is -0.676. The Bertz CT molecular complexity index is 1280. The number of alkyl halides is 3. The first kappa shape index (κ1) is 23.5. The molecule has 0 spiro atoms. The van der Waals surface area contributed by atoms with E-state index in [4.69, 9.17) is 9.26 Å². The van der Waals surface area contributed by atoms with Crippen LogP contribution in [-0.4, -0.2) is 48.9 Å². The summed E-state index contributed by atoms with van der Waals surface area (Å²) < 4.78 is 52.9. The van der Waals surface area contributed by atoms with Crippen LogP contribution in [0.3, 0.4) is 0 Å². The first-order valence-electron chi connectivity index (χ1n) is 11.3. The highest BCUT2D eigenvalue weighted by Gasteiger charge is 2.35. The van der Waals surface area contributed by atoms with Crippen molar-refractivity contribution in [2.24, 2.45) is 5.92 Å². The minimum absolute atomic E-state index is 0.0328. The highest BCUT2D eigenvalue weighted by molar-refractivity contribution is 7.18. The fourth-order valence-electron chi connectivity index (χ4n) is 4.11. The summed E-state index contributed by atoms with van der Waals surface area (Å²) in [6.45, 7) is 7.63. The van der Waals surface area contributed by atoms with E-state index in [1.807, 2.05) is 20.8 Å². The molecule has 35 heavy (non-hydrogen) atoms. The Hall–Kier alpha value is -3.22. The molecule has 0 saturated carbocycles. The van der Waals surface area contributed by atoms with E-state index in [1.54, 1.807) is 0 Å². The monoisotopic (exact) mass is 507 g/mol. The maximum atomic E-state index is 13.3. The molecule has 5 rings (SSSR count). The molecular weight excluding hydrogens is 483 g/mol. The Morgan fingerprint density at radius 3 is 2.60 bits per heavy atom. The lowest BCUT2D eigenvalue weighted by Crippen LogP contribution is -2.38. The van der Waals surface area contributed by atoms with E-state index >= 15 is 0 Å². The van der Waals surface area contributed by atoms with Crippen molar-refractivity contribution in [3.05, 3.63) is 36.0 Å². The van der Waals surface area contributed by atoms with E-state index in [2.05, 4.69) is 30.1 Å². The third kappa shape index (κ3) is 4.81. The van der Waals surface area contributed by atoms with E-state index in [-0.39, 0.29) is 23.3 Å². The fourth-order valence-corrected chi connectivity index (χ4v) is 4.92. The minimum Gasteiger partial charge on any atom is -0.466 e. The third-order valence-electron chi connectivity index (χ3n) is 6.14. The molecule has 0 N–H and O–H groups in total. The second-order valence-corrected chi connectivity index (χ2v) is 9.80. The van der Waals surface area contributed by atoms with Gasteiger partial charge in [-0.3, -0.25) is 4.98 Å². The molecule has 0 bridgehead atoms. The van der Waals surface area contributed by atoms with Crippen LogP contribution in [0.15, 0.2) is 29.2 Å². The van der Waals surface area contributed by atoms with Crippen molar-refractivity contribution in [2.45, 2.75) is 51.8 Å². The van der Waals surface area contributed by atoms with Crippen LogP contribution in [0.2, 0.25) is 0 Å². The number of anilines is 1. The third-order valence-corrected chi connectivity index (χ3v) is 6.95. The number of hydrogen-bond donors (Lipinski definition) is 0. The van der Waals surface area contributed by atoms with Gasteiger partial charge in [0, 0.05) is 37.0 Å². The van der Waals surface area contributed by atoms with Crippen LogP contribution in [0.1, 0.15) is 50.9 Å². The molecule has 1 unspecified atom stereocenters. The smallest absolute Gasteiger partial charge is 0.418 e. The molecule has 4 aromatic rings. The number of pyridine rings is 1. The van der Waals surface area contributed by atoms with Gasteiger partial charge in [-0.2, -0.15) is 18.2 Å². The zero-order valence-electron chi connectivity index (χ0n) is 19.4. The first-order chi connectivity index (χ1) is 16.7. The number of piperidine rings is 1. The summed E-state index contributed by atoms with van der Waals surface area (Å²) in [6.07, 6.45) is 0.785. The van der Waals surface area contributed by atoms with Crippen molar-refractivity contribution in [1.82, 2.24) is 29.7 Å². The maximum absolute atomic E-state index is 13.3. The zero-order chi connectivity index (χ0) is 24.7. The van der Waals surface area contributed by atoms with Crippen LogP contribution < -0.4 is 9.64 Å². The fraction of sp³-hybridized carbons (Fsp3) is 0.500. The van der Waals surface area contributed by atoms with E-state index in [0.717, 1.165) is 32.1 Å². The van der Waals surface area contributed by atoms with Gasteiger partial charge < -0.3 is 14.2 Å². The number of halogens is 3. The van der Waals surface area contributed by atoms with Gasteiger partial charge in [0.1, 0.15) is 6.10 Å². The van der Waals surface area contributed by atoms with Gasteiger partial charge in [0.25, 0.3) is 5.19 Å². The van der Waals surface area contributed by atoms with E-state index in [9.17, 15) is 13.2 Å². The molecule has 1 aliphatic heterocycles. The topological polar surface area (TPSA) is 94.5 Å². The van der Waals surface area contributed by atoms with Crippen molar-refractivity contribution in [3.63, 3.8) is 0 Å². The lowest BCUT2D eigenvalue weighted by atomic mass is 9.92. The molecule has 1 atom stereocenters. The van der Waals surface area contributed by atoms with Gasteiger partial charge >= 0.3 is 12.2 Å². The van der Waals surface area contributed by atoms with Crippen LogP contribution in [-0.2, 0) is 6.18 Å².